The van der Waals surface area contributed by atoms with Crippen LogP contribution in [0.2, 0.25) is 0 Å². The van der Waals surface area contributed by atoms with E-state index in [1.165, 1.54) is 0 Å². The topological polar surface area (TPSA) is 93.5 Å². The summed E-state index contributed by atoms with van der Waals surface area (Å²) in [7, 11) is 0. The molecule has 0 spiro atoms. The van der Waals surface area contributed by atoms with Crippen LogP contribution in [0.4, 0.5) is 5.69 Å². The summed E-state index contributed by atoms with van der Waals surface area (Å²) in [5.74, 6) is -0.131. The number of aliphatic imine (C=N–C) groups is 1. The lowest BCUT2D eigenvalue weighted by atomic mass is 10.0. The van der Waals surface area contributed by atoms with Gasteiger partial charge in [0.25, 0.3) is 0 Å². The molecule has 0 aliphatic rings. The first-order valence-corrected chi connectivity index (χ1v) is 5.35. The second-order valence-electron chi connectivity index (χ2n) is 4.44. The summed E-state index contributed by atoms with van der Waals surface area (Å²) in [4.78, 5) is 15.1. The molecule has 1 rings (SSSR count). The SMILES string of the molecule is CC(C)(CC(N)=O)N=C(N)Nc1ccccc1. The van der Waals surface area contributed by atoms with Crippen molar-refractivity contribution in [2.45, 2.75) is 25.8 Å². The Bertz CT molecular complexity index is 412. The zero-order valence-corrected chi connectivity index (χ0v) is 10.1. The van der Waals surface area contributed by atoms with Gasteiger partial charge in [-0.05, 0) is 26.0 Å². The third kappa shape index (κ3) is 5.01. The normalized spacial score (nSPS) is 12.2. The van der Waals surface area contributed by atoms with Crippen molar-refractivity contribution in [1.29, 1.82) is 0 Å². The average molecular weight is 234 g/mol. The monoisotopic (exact) mass is 234 g/mol. The Morgan fingerprint density at radius 1 is 1.29 bits per heavy atom. The Morgan fingerprint density at radius 2 is 1.88 bits per heavy atom. The lowest BCUT2D eigenvalue weighted by Gasteiger charge is -2.18. The van der Waals surface area contributed by atoms with Gasteiger partial charge in [0.05, 0.1) is 12.0 Å². The number of primary amides is 1. The van der Waals surface area contributed by atoms with Crippen LogP contribution in [0, 0.1) is 0 Å². The van der Waals surface area contributed by atoms with Crippen molar-refractivity contribution >= 4 is 17.6 Å². The van der Waals surface area contributed by atoms with E-state index < -0.39 is 11.4 Å². The molecule has 1 amide bonds. The predicted molar refractivity (Wildman–Crippen MR) is 69.6 cm³/mol. The summed E-state index contributed by atoms with van der Waals surface area (Å²) in [6.45, 7) is 3.61. The van der Waals surface area contributed by atoms with Crippen LogP contribution in [0.5, 0.6) is 0 Å². The highest BCUT2D eigenvalue weighted by molar-refractivity contribution is 5.92. The number of nitrogens with two attached hydrogens (primary N) is 2. The Labute approximate surface area is 101 Å². The Balaban J connectivity index is 2.69. The maximum atomic E-state index is 10.8. The molecule has 17 heavy (non-hydrogen) atoms. The van der Waals surface area contributed by atoms with E-state index in [-0.39, 0.29) is 12.4 Å². The van der Waals surface area contributed by atoms with Crippen molar-refractivity contribution in [3.63, 3.8) is 0 Å². The fourth-order valence-corrected chi connectivity index (χ4v) is 1.49. The molecule has 0 radical (unpaired) electrons. The van der Waals surface area contributed by atoms with Gasteiger partial charge in [0.1, 0.15) is 0 Å². The molecule has 0 saturated carbocycles. The number of carbonyl (C=O) groups excluding carboxylic acids is 1. The van der Waals surface area contributed by atoms with E-state index in [9.17, 15) is 4.79 Å². The van der Waals surface area contributed by atoms with Crippen LogP contribution < -0.4 is 16.8 Å². The molecule has 0 aliphatic carbocycles. The van der Waals surface area contributed by atoms with Gasteiger partial charge in [0, 0.05) is 5.69 Å². The van der Waals surface area contributed by atoms with Crippen LogP contribution in [0.25, 0.3) is 0 Å². The summed E-state index contributed by atoms with van der Waals surface area (Å²) in [5.41, 5.74) is 11.1. The molecule has 0 unspecified atom stereocenters. The molecule has 0 heterocycles. The zero-order valence-electron chi connectivity index (χ0n) is 10.1. The van der Waals surface area contributed by atoms with Crippen molar-refractivity contribution in [3.05, 3.63) is 30.3 Å². The molecule has 1 aromatic carbocycles. The Hall–Kier alpha value is -2.04. The molecule has 0 fully saturated rings. The van der Waals surface area contributed by atoms with E-state index >= 15 is 0 Å². The number of nitrogens with one attached hydrogen (secondary N) is 1. The standard InChI is InChI=1S/C12H18N4O/c1-12(2,8-10(13)17)16-11(14)15-9-6-4-3-5-7-9/h3-7H,8H2,1-2H3,(H2,13,17)(H3,14,15,16). The third-order valence-corrected chi connectivity index (χ3v) is 2.08. The van der Waals surface area contributed by atoms with Crippen molar-refractivity contribution in [2.75, 3.05) is 5.32 Å². The summed E-state index contributed by atoms with van der Waals surface area (Å²) >= 11 is 0. The molecule has 0 aliphatic heterocycles. The Morgan fingerprint density at radius 3 is 2.41 bits per heavy atom. The molecule has 5 N–H and O–H groups in total. The zero-order chi connectivity index (χ0) is 12.9. The quantitative estimate of drug-likeness (QED) is 0.537. The summed E-state index contributed by atoms with van der Waals surface area (Å²) in [6.07, 6.45) is 0.157. The van der Waals surface area contributed by atoms with E-state index in [1.807, 2.05) is 30.3 Å². The van der Waals surface area contributed by atoms with Gasteiger partial charge in [-0.15, -0.1) is 0 Å². The van der Waals surface area contributed by atoms with E-state index in [0.717, 1.165) is 5.69 Å². The van der Waals surface area contributed by atoms with E-state index in [0.29, 0.717) is 0 Å². The summed E-state index contributed by atoms with van der Waals surface area (Å²) in [5, 5.41) is 2.95. The van der Waals surface area contributed by atoms with Gasteiger partial charge < -0.3 is 16.8 Å². The van der Waals surface area contributed by atoms with E-state index in [4.69, 9.17) is 11.5 Å². The number of para-hydroxylation sites is 1. The third-order valence-electron chi connectivity index (χ3n) is 2.08. The van der Waals surface area contributed by atoms with Gasteiger partial charge in [-0.1, -0.05) is 18.2 Å². The molecular formula is C12H18N4O. The van der Waals surface area contributed by atoms with Crippen molar-refractivity contribution in [3.8, 4) is 0 Å². The molecule has 92 valence electrons. The first kappa shape index (κ1) is 13.0. The maximum absolute atomic E-state index is 10.8. The minimum Gasteiger partial charge on any atom is -0.370 e. The molecule has 5 nitrogen and oxygen atoms in total. The highest BCUT2D eigenvalue weighted by Crippen LogP contribution is 2.14. The average Bonchev–Trinajstić information content (AvgIpc) is 2.15. The Kier molecular flexibility index (Phi) is 4.09. The van der Waals surface area contributed by atoms with Gasteiger partial charge in [-0.2, -0.15) is 0 Å². The fraction of sp³-hybridized carbons (Fsp3) is 0.333. The van der Waals surface area contributed by atoms with Gasteiger partial charge in [0.15, 0.2) is 5.96 Å². The first-order chi connectivity index (χ1) is 7.89. The summed E-state index contributed by atoms with van der Waals surface area (Å²) in [6, 6.07) is 9.46. The van der Waals surface area contributed by atoms with Crippen molar-refractivity contribution < 1.29 is 4.79 Å². The van der Waals surface area contributed by atoms with Crippen LogP contribution in [0.1, 0.15) is 20.3 Å². The number of carbonyl (C=O) groups is 1. The minimum absolute atomic E-state index is 0.157. The predicted octanol–water partition coefficient (Wildman–Crippen LogP) is 1.07. The smallest absolute Gasteiger partial charge is 0.219 e. The van der Waals surface area contributed by atoms with Crippen LogP contribution in [-0.2, 0) is 4.79 Å². The second-order valence-corrected chi connectivity index (χ2v) is 4.44. The molecule has 0 bridgehead atoms. The number of nitrogens with zero attached hydrogens (tertiary/aromatic N) is 1. The first-order valence-electron chi connectivity index (χ1n) is 5.35. The maximum Gasteiger partial charge on any atom is 0.219 e. The van der Waals surface area contributed by atoms with Crippen LogP contribution in [0.15, 0.2) is 35.3 Å². The van der Waals surface area contributed by atoms with Crippen LogP contribution >= 0.6 is 0 Å². The number of hydrogen-bond donors (Lipinski definition) is 3. The van der Waals surface area contributed by atoms with E-state index in [2.05, 4.69) is 10.3 Å². The molecule has 5 heteroatoms. The van der Waals surface area contributed by atoms with Gasteiger partial charge in [-0.3, -0.25) is 4.79 Å². The minimum atomic E-state index is -0.600. The number of anilines is 1. The molecule has 0 atom stereocenters. The molecule has 1 aromatic rings. The van der Waals surface area contributed by atoms with Crippen molar-refractivity contribution in [1.82, 2.24) is 0 Å². The van der Waals surface area contributed by atoms with Crippen LogP contribution in [-0.4, -0.2) is 17.4 Å². The lowest BCUT2D eigenvalue weighted by Crippen LogP contribution is -2.32. The number of rotatable bonds is 4. The van der Waals surface area contributed by atoms with E-state index in [1.54, 1.807) is 13.8 Å². The molecule has 0 aromatic heterocycles. The molecule has 0 saturated heterocycles. The largest absolute Gasteiger partial charge is 0.370 e. The summed E-state index contributed by atoms with van der Waals surface area (Å²) < 4.78 is 0. The fourth-order valence-electron chi connectivity index (χ4n) is 1.49. The lowest BCUT2D eigenvalue weighted by molar-refractivity contribution is -0.118. The van der Waals surface area contributed by atoms with Gasteiger partial charge in [-0.25, -0.2) is 4.99 Å². The van der Waals surface area contributed by atoms with Crippen molar-refractivity contribution in [2.24, 2.45) is 16.5 Å². The second kappa shape index (κ2) is 5.34. The van der Waals surface area contributed by atoms with Gasteiger partial charge in [0.2, 0.25) is 5.91 Å². The number of benzene rings is 1. The number of guanidine groups is 1. The highest BCUT2D eigenvalue weighted by Gasteiger charge is 2.19. The number of hydrogen-bond acceptors (Lipinski definition) is 2. The highest BCUT2D eigenvalue weighted by atomic mass is 16.1. The van der Waals surface area contributed by atoms with Crippen LogP contribution in [0.3, 0.4) is 0 Å². The molecular weight excluding hydrogens is 216 g/mol. The van der Waals surface area contributed by atoms with Gasteiger partial charge >= 0.3 is 0 Å². The number of amides is 1.